The minimum atomic E-state index is -3.43. The second-order valence-electron chi connectivity index (χ2n) is 7.31. The number of hydrogen-bond donors (Lipinski definition) is 1. The molecule has 25 heavy (non-hydrogen) atoms. The van der Waals surface area contributed by atoms with Crippen LogP contribution in [-0.2, 0) is 22.9 Å². The van der Waals surface area contributed by atoms with Crippen LogP contribution in [0.2, 0.25) is 0 Å². The van der Waals surface area contributed by atoms with Gasteiger partial charge in [-0.25, -0.2) is 13.1 Å². The first kappa shape index (κ1) is 18.8. The van der Waals surface area contributed by atoms with Gasteiger partial charge in [-0.05, 0) is 62.4 Å². The lowest BCUT2D eigenvalue weighted by molar-refractivity contribution is 0.107. The van der Waals surface area contributed by atoms with Crippen molar-refractivity contribution in [1.82, 2.24) is 14.5 Å². The molecule has 3 rings (SSSR count). The van der Waals surface area contributed by atoms with Gasteiger partial charge in [-0.3, -0.25) is 4.90 Å². The molecule has 0 unspecified atom stereocenters. The zero-order valence-corrected chi connectivity index (χ0v) is 16.3. The highest BCUT2D eigenvalue weighted by Gasteiger charge is 2.23. The summed E-state index contributed by atoms with van der Waals surface area (Å²) in [7, 11) is -3.43. The standard InChI is InChI=1S/C19H31N3O2S/c1-3-21-10-12-22(13-11-21)16(2)15-20-25(23,24)19-9-8-17-6-4-5-7-18(17)14-19/h8-9,14,16,20H,3-7,10-13,15H2,1-2H3/t16-/m0/s1. The molecule has 1 N–H and O–H groups in total. The molecule has 0 radical (unpaired) electrons. The zero-order chi connectivity index (χ0) is 17.9. The van der Waals surface area contributed by atoms with Crippen LogP contribution < -0.4 is 4.72 Å². The molecule has 1 saturated heterocycles. The topological polar surface area (TPSA) is 52.6 Å². The average Bonchev–Trinajstić information content (AvgIpc) is 2.66. The molecular weight excluding hydrogens is 334 g/mol. The van der Waals surface area contributed by atoms with Crippen molar-refractivity contribution in [3.8, 4) is 0 Å². The van der Waals surface area contributed by atoms with E-state index < -0.39 is 10.0 Å². The van der Waals surface area contributed by atoms with Crippen molar-refractivity contribution in [2.75, 3.05) is 39.3 Å². The van der Waals surface area contributed by atoms with Gasteiger partial charge in [-0.1, -0.05) is 13.0 Å². The van der Waals surface area contributed by atoms with E-state index in [2.05, 4.69) is 28.4 Å². The first-order chi connectivity index (χ1) is 12.0. The molecule has 0 aromatic heterocycles. The molecule has 1 heterocycles. The van der Waals surface area contributed by atoms with Crippen molar-refractivity contribution in [2.45, 2.75) is 50.5 Å². The van der Waals surface area contributed by atoms with Gasteiger partial charge in [-0.15, -0.1) is 0 Å². The number of benzene rings is 1. The maximum atomic E-state index is 12.7. The van der Waals surface area contributed by atoms with Crippen molar-refractivity contribution in [3.63, 3.8) is 0 Å². The molecule has 0 amide bonds. The predicted molar refractivity (Wildman–Crippen MR) is 101 cm³/mol. The zero-order valence-electron chi connectivity index (χ0n) is 15.5. The molecule has 6 heteroatoms. The maximum absolute atomic E-state index is 12.7. The van der Waals surface area contributed by atoms with Gasteiger partial charge in [0, 0.05) is 38.8 Å². The fourth-order valence-corrected chi connectivity index (χ4v) is 5.01. The van der Waals surface area contributed by atoms with Gasteiger partial charge >= 0.3 is 0 Å². The summed E-state index contributed by atoms with van der Waals surface area (Å²) in [4.78, 5) is 5.22. The Labute approximate surface area is 152 Å². The van der Waals surface area contributed by atoms with Crippen LogP contribution in [0.3, 0.4) is 0 Å². The van der Waals surface area contributed by atoms with Gasteiger partial charge in [0.05, 0.1) is 4.90 Å². The van der Waals surface area contributed by atoms with Crippen molar-refractivity contribution in [1.29, 1.82) is 0 Å². The number of sulfonamides is 1. The summed E-state index contributed by atoms with van der Waals surface area (Å²) in [6.45, 7) is 10.0. The SMILES string of the molecule is CCN1CCN([C@@H](C)CNS(=O)(=O)c2ccc3c(c2)CCCC3)CC1. The van der Waals surface area contributed by atoms with E-state index in [1.165, 1.54) is 17.5 Å². The fourth-order valence-electron chi connectivity index (χ4n) is 3.84. The molecule has 2 aliphatic rings. The monoisotopic (exact) mass is 365 g/mol. The first-order valence-corrected chi connectivity index (χ1v) is 11.1. The van der Waals surface area contributed by atoms with Gasteiger partial charge < -0.3 is 4.90 Å². The summed E-state index contributed by atoms with van der Waals surface area (Å²) in [6.07, 6.45) is 4.44. The molecule has 0 spiro atoms. The summed E-state index contributed by atoms with van der Waals surface area (Å²) in [5, 5.41) is 0. The Morgan fingerprint density at radius 2 is 1.76 bits per heavy atom. The van der Waals surface area contributed by atoms with E-state index in [-0.39, 0.29) is 6.04 Å². The molecule has 1 aliphatic carbocycles. The molecule has 0 bridgehead atoms. The van der Waals surface area contributed by atoms with E-state index in [4.69, 9.17) is 0 Å². The highest BCUT2D eigenvalue weighted by atomic mass is 32.2. The fraction of sp³-hybridized carbons (Fsp3) is 0.684. The normalized spacial score (nSPS) is 21.0. The molecule has 1 aromatic carbocycles. The molecule has 1 aliphatic heterocycles. The lowest BCUT2D eigenvalue weighted by Crippen LogP contribution is -2.52. The van der Waals surface area contributed by atoms with E-state index in [9.17, 15) is 8.42 Å². The number of aryl methyl sites for hydroxylation is 2. The highest BCUT2D eigenvalue weighted by molar-refractivity contribution is 7.89. The van der Waals surface area contributed by atoms with Gasteiger partial charge in [0.1, 0.15) is 0 Å². The van der Waals surface area contributed by atoms with Gasteiger partial charge in [0.15, 0.2) is 0 Å². The largest absolute Gasteiger partial charge is 0.301 e. The third kappa shape index (κ3) is 4.61. The second-order valence-corrected chi connectivity index (χ2v) is 9.08. The van der Waals surface area contributed by atoms with Crippen LogP contribution >= 0.6 is 0 Å². The number of fused-ring (bicyclic) bond motifs is 1. The van der Waals surface area contributed by atoms with Crippen molar-refractivity contribution in [2.24, 2.45) is 0 Å². The molecule has 5 nitrogen and oxygen atoms in total. The Hall–Kier alpha value is -0.950. The molecule has 1 aromatic rings. The summed E-state index contributed by atoms with van der Waals surface area (Å²) >= 11 is 0. The minimum absolute atomic E-state index is 0.214. The minimum Gasteiger partial charge on any atom is -0.301 e. The van der Waals surface area contributed by atoms with E-state index >= 15 is 0 Å². The molecule has 1 fully saturated rings. The number of nitrogens with one attached hydrogen (secondary N) is 1. The van der Waals surface area contributed by atoms with E-state index in [1.807, 2.05) is 12.1 Å². The van der Waals surface area contributed by atoms with Gasteiger partial charge in [0.2, 0.25) is 10.0 Å². The van der Waals surface area contributed by atoms with Gasteiger partial charge in [-0.2, -0.15) is 0 Å². The van der Waals surface area contributed by atoms with Crippen molar-refractivity contribution >= 4 is 10.0 Å². The maximum Gasteiger partial charge on any atom is 0.240 e. The Kier molecular flexibility index (Phi) is 6.15. The highest BCUT2D eigenvalue weighted by Crippen LogP contribution is 2.24. The quantitative estimate of drug-likeness (QED) is 0.836. The molecular formula is C19H31N3O2S. The third-order valence-corrected chi connectivity index (χ3v) is 7.10. The lowest BCUT2D eigenvalue weighted by atomic mass is 9.92. The van der Waals surface area contributed by atoms with Crippen molar-refractivity contribution < 1.29 is 8.42 Å². The van der Waals surface area contributed by atoms with Crippen LogP contribution in [0.25, 0.3) is 0 Å². The van der Waals surface area contributed by atoms with Crippen LogP contribution in [0.1, 0.15) is 37.8 Å². The van der Waals surface area contributed by atoms with E-state index in [1.54, 1.807) is 6.07 Å². The van der Waals surface area contributed by atoms with Crippen molar-refractivity contribution in [3.05, 3.63) is 29.3 Å². The van der Waals surface area contributed by atoms with Crippen LogP contribution in [0, 0.1) is 0 Å². The smallest absolute Gasteiger partial charge is 0.240 e. The average molecular weight is 366 g/mol. The van der Waals surface area contributed by atoms with Crippen LogP contribution in [0.5, 0.6) is 0 Å². The summed E-state index contributed by atoms with van der Waals surface area (Å²) in [6, 6.07) is 5.85. The Bertz CT molecular complexity index is 682. The number of nitrogens with zero attached hydrogens (tertiary/aromatic N) is 2. The summed E-state index contributed by atoms with van der Waals surface area (Å²) < 4.78 is 28.2. The summed E-state index contributed by atoms with van der Waals surface area (Å²) in [5.41, 5.74) is 2.52. The number of hydrogen-bond acceptors (Lipinski definition) is 4. The predicted octanol–water partition coefficient (Wildman–Crippen LogP) is 1.87. The Morgan fingerprint density at radius 1 is 1.08 bits per heavy atom. The Balaban J connectivity index is 1.58. The van der Waals surface area contributed by atoms with E-state index in [0.717, 1.165) is 52.0 Å². The number of rotatable bonds is 6. The third-order valence-electron chi connectivity index (χ3n) is 5.68. The summed E-state index contributed by atoms with van der Waals surface area (Å²) in [5.74, 6) is 0. The molecule has 1 atom stereocenters. The number of likely N-dealkylation sites (N-methyl/N-ethyl adjacent to an activating group) is 1. The van der Waals surface area contributed by atoms with E-state index in [0.29, 0.717) is 11.4 Å². The molecule has 140 valence electrons. The molecule has 0 saturated carbocycles. The number of piperazine rings is 1. The van der Waals surface area contributed by atoms with Crippen LogP contribution in [0.15, 0.2) is 23.1 Å². The van der Waals surface area contributed by atoms with Gasteiger partial charge in [0.25, 0.3) is 0 Å². The second kappa shape index (κ2) is 8.16. The van der Waals surface area contributed by atoms with Crippen LogP contribution in [0.4, 0.5) is 0 Å². The van der Waals surface area contributed by atoms with Crippen LogP contribution in [-0.4, -0.2) is 63.5 Å². The Morgan fingerprint density at radius 3 is 2.44 bits per heavy atom. The first-order valence-electron chi connectivity index (χ1n) is 9.57. The lowest BCUT2D eigenvalue weighted by Gasteiger charge is -2.37.